The van der Waals surface area contributed by atoms with Gasteiger partial charge in [-0.05, 0) is 36.4 Å². The van der Waals surface area contributed by atoms with Gasteiger partial charge in [-0.15, -0.1) is 0 Å². The Labute approximate surface area is 95.8 Å². The molecule has 0 aliphatic heterocycles. The number of nitrogens with zero attached hydrogens (tertiary/aromatic N) is 1. The number of ether oxygens (including phenoxy) is 1. The zero-order chi connectivity index (χ0) is 11.1. The van der Waals surface area contributed by atoms with Gasteiger partial charge in [0.25, 0.3) is 0 Å². The van der Waals surface area contributed by atoms with Crippen molar-refractivity contribution in [2.45, 2.75) is 19.6 Å². The number of thiophene rings is 1. The zero-order valence-electron chi connectivity index (χ0n) is 9.48. The summed E-state index contributed by atoms with van der Waals surface area (Å²) in [4.78, 5) is 2.25. The van der Waals surface area contributed by atoms with Crippen LogP contribution in [0.15, 0.2) is 16.8 Å². The van der Waals surface area contributed by atoms with Crippen LogP contribution >= 0.6 is 11.3 Å². The second-order valence-corrected chi connectivity index (χ2v) is 4.42. The molecule has 0 bridgehead atoms. The molecular formula is C11H20N2OS. The van der Waals surface area contributed by atoms with Crippen molar-refractivity contribution < 1.29 is 4.74 Å². The van der Waals surface area contributed by atoms with Crippen LogP contribution in [0.3, 0.4) is 0 Å². The highest BCUT2D eigenvalue weighted by molar-refractivity contribution is 7.07. The molecule has 0 saturated heterocycles. The Balaban J connectivity index is 2.30. The van der Waals surface area contributed by atoms with E-state index in [1.165, 1.54) is 5.56 Å². The molecular weight excluding hydrogens is 208 g/mol. The summed E-state index contributed by atoms with van der Waals surface area (Å²) < 4.78 is 5.52. The first-order valence-corrected chi connectivity index (χ1v) is 6.21. The summed E-state index contributed by atoms with van der Waals surface area (Å²) in [5.74, 6) is 0. The van der Waals surface area contributed by atoms with Crippen LogP contribution in [0.25, 0.3) is 0 Å². The van der Waals surface area contributed by atoms with Crippen molar-refractivity contribution in [3.05, 3.63) is 22.4 Å². The third-order valence-corrected chi connectivity index (χ3v) is 2.95. The average molecular weight is 228 g/mol. The Morgan fingerprint density at radius 3 is 2.93 bits per heavy atom. The molecule has 0 fully saturated rings. The van der Waals surface area contributed by atoms with E-state index in [1.807, 2.05) is 6.92 Å². The van der Waals surface area contributed by atoms with E-state index in [4.69, 9.17) is 10.5 Å². The van der Waals surface area contributed by atoms with Gasteiger partial charge >= 0.3 is 0 Å². The molecule has 15 heavy (non-hydrogen) atoms. The first-order valence-electron chi connectivity index (χ1n) is 5.27. The normalized spacial score (nSPS) is 13.3. The highest BCUT2D eigenvalue weighted by atomic mass is 32.1. The van der Waals surface area contributed by atoms with Gasteiger partial charge in [-0.2, -0.15) is 11.3 Å². The molecule has 0 aromatic carbocycles. The van der Waals surface area contributed by atoms with Crippen LogP contribution in [0.5, 0.6) is 0 Å². The molecule has 0 aliphatic rings. The number of hydrogen-bond acceptors (Lipinski definition) is 4. The molecule has 86 valence electrons. The number of rotatable bonds is 7. The summed E-state index contributed by atoms with van der Waals surface area (Å²) in [5.41, 5.74) is 6.99. The van der Waals surface area contributed by atoms with Crippen molar-refractivity contribution in [2.24, 2.45) is 5.73 Å². The molecule has 1 aromatic heterocycles. The number of likely N-dealkylation sites (N-methyl/N-ethyl adjacent to an activating group) is 1. The molecule has 1 unspecified atom stereocenters. The monoisotopic (exact) mass is 228 g/mol. The van der Waals surface area contributed by atoms with Gasteiger partial charge in [0.1, 0.15) is 0 Å². The van der Waals surface area contributed by atoms with Crippen LogP contribution in [-0.4, -0.2) is 37.7 Å². The van der Waals surface area contributed by atoms with Gasteiger partial charge in [-0.25, -0.2) is 0 Å². The van der Waals surface area contributed by atoms with Crippen molar-refractivity contribution in [1.29, 1.82) is 0 Å². The third kappa shape index (κ3) is 4.75. The summed E-state index contributed by atoms with van der Waals surface area (Å²) in [7, 11) is 2.10. The predicted octanol–water partition coefficient (Wildman–Crippen LogP) is 1.54. The Morgan fingerprint density at radius 2 is 2.40 bits per heavy atom. The Hall–Kier alpha value is -0.420. The largest absolute Gasteiger partial charge is 0.376 e. The SMILES string of the molecule is CCOC(CN)CN(C)Cc1ccsc1. The number of hydrogen-bond donors (Lipinski definition) is 1. The first-order chi connectivity index (χ1) is 7.26. The van der Waals surface area contributed by atoms with Crippen LogP contribution in [0.4, 0.5) is 0 Å². The first kappa shape index (κ1) is 12.6. The summed E-state index contributed by atoms with van der Waals surface area (Å²) in [6.45, 7) is 5.17. The number of nitrogens with two attached hydrogens (primary N) is 1. The van der Waals surface area contributed by atoms with Gasteiger partial charge in [0.05, 0.1) is 6.10 Å². The van der Waals surface area contributed by atoms with E-state index >= 15 is 0 Å². The van der Waals surface area contributed by atoms with E-state index in [9.17, 15) is 0 Å². The van der Waals surface area contributed by atoms with Gasteiger partial charge in [-0.3, -0.25) is 4.90 Å². The molecule has 1 aromatic rings. The summed E-state index contributed by atoms with van der Waals surface area (Å²) in [5, 5.41) is 4.28. The van der Waals surface area contributed by atoms with Gasteiger partial charge in [0.2, 0.25) is 0 Å². The molecule has 2 N–H and O–H groups in total. The minimum Gasteiger partial charge on any atom is -0.376 e. The van der Waals surface area contributed by atoms with E-state index in [0.717, 1.165) is 19.7 Å². The van der Waals surface area contributed by atoms with Crippen LogP contribution in [-0.2, 0) is 11.3 Å². The Bertz CT molecular complexity index is 251. The van der Waals surface area contributed by atoms with Gasteiger partial charge < -0.3 is 10.5 Å². The Kier molecular flexibility index (Phi) is 5.86. The molecule has 1 atom stereocenters. The van der Waals surface area contributed by atoms with Crippen molar-refractivity contribution in [1.82, 2.24) is 4.90 Å². The summed E-state index contributed by atoms with van der Waals surface area (Å²) in [6, 6.07) is 2.15. The molecule has 0 aliphatic carbocycles. The third-order valence-electron chi connectivity index (χ3n) is 2.21. The van der Waals surface area contributed by atoms with Gasteiger partial charge in [0.15, 0.2) is 0 Å². The van der Waals surface area contributed by atoms with E-state index in [1.54, 1.807) is 11.3 Å². The predicted molar refractivity (Wildman–Crippen MR) is 65.1 cm³/mol. The van der Waals surface area contributed by atoms with Crippen LogP contribution in [0, 0.1) is 0 Å². The maximum atomic E-state index is 5.63. The second-order valence-electron chi connectivity index (χ2n) is 3.64. The van der Waals surface area contributed by atoms with Gasteiger partial charge in [-0.1, -0.05) is 0 Å². The molecule has 4 heteroatoms. The van der Waals surface area contributed by atoms with Crippen molar-refractivity contribution in [3.63, 3.8) is 0 Å². The smallest absolute Gasteiger partial charge is 0.0823 e. The molecule has 1 heterocycles. The average Bonchev–Trinajstić information content (AvgIpc) is 2.69. The second kappa shape index (κ2) is 6.95. The van der Waals surface area contributed by atoms with E-state index in [0.29, 0.717) is 6.54 Å². The van der Waals surface area contributed by atoms with E-state index in [2.05, 4.69) is 28.8 Å². The summed E-state index contributed by atoms with van der Waals surface area (Å²) in [6.07, 6.45) is 0.152. The maximum absolute atomic E-state index is 5.63. The van der Waals surface area contributed by atoms with E-state index in [-0.39, 0.29) is 6.10 Å². The van der Waals surface area contributed by atoms with Crippen molar-refractivity contribution in [3.8, 4) is 0 Å². The van der Waals surface area contributed by atoms with Crippen LogP contribution < -0.4 is 5.73 Å². The molecule has 0 radical (unpaired) electrons. The fourth-order valence-corrected chi connectivity index (χ4v) is 2.20. The van der Waals surface area contributed by atoms with Crippen LogP contribution in [0.1, 0.15) is 12.5 Å². The fourth-order valence-electron chi connectivity index (χ4n) is 1.54. The minimum absolute atomic E-state index is 0.152. The topological polar surface area (TPSA) is 38.5 Å². The van der Waals surface area contributed by atoms with Crippen LogP contribution in [0.2, 0.25) is 0 Å². The lowest BCUT2D eigenvalue weighted by molar-refractivity contribution is 0.0437. The molecule has 0 saturated carbocycles. The quantitative estimate of drug-likeness (QED) is 0.769. The molecule has 3 nitrogen and oxygen atoms in total. The lowest BCUT2D eigenvalue weighted by Gasteiger charge is -2.22. The molecule has 0 spiro atoms. The van der Waals surface area contributed by atoms with Gasteiger partial charge in [0, 0.05) is 26.2 Å². The van der Waals surface area contributed by atoms with E-state index < -0.39 is 0 Å². The zero-order valence-corrected chi connectivity index (χ0v) is 10.3. The lowest BCUT2D eigenvalue weighted by Crippen LogP contribution is -2.36. The van der Waals surface area contributed by atoms with Crippen molar-refractivity contribution in [2.75, 3.05) is 26.7 Å². The summed E-state index contributed by atoms with van der Waals surface area (Å²) >= 11 is 1.73. The Morgan fingerprint density at radius 1 is 1.60 bits per heavy atom. The minimum atomic E-state index is 0.152. The van der Waals surface area contributed by atoms with Crippen molar-refractivity contribution >= 4 is 11.3 Å². The highest BCUT2D eigenvalue weighted by Crippen LogP contribution is 2.08. The highest BCUT2D eigenvalue weighted by Gasteiger charge is 2.09. The standard InChI is InChI=1S/C11H20N2OS/c1-3-14-11(6-12)8-13(2)7-10-4-5-15-9-10/h4-5,9,11H,3,6-8,12H2,1-2H3. The fraction of sp³-hybridized carbons (Fsp3) is 0.636. The molecule has 0 amide bonds. The molecule has 1 rings (SSSR count). The lowest BCUT2D eigenvalue weighted by atomic mass is 10.3. The maximum Gasteiger partial charge on any atom is 0.0823 e.